The molecule has 0 atom stereocenters. The predicted molar refractivity (Wildman–Crippen MR) is 131 cm³/mol. The van der Waals surface area contributed by atoms with Gasteiger partial charge >= 0.3 is 0 Å². The van der Waals surface area contributed by atoms with E-state index < -0.39 is 0 Å². The van der Waals surface area contributed by atoms with Crippen LogP contribution in [-0.4, -0.2) is 50.8 Å². The van der Waals surface area contributed by atoms with Crippen LogP contribution in [0.15, 0.2) is 52.2 Å². The van der Waals surface area contributed by atoms with E-state index in [1.54, 1.807) is 6.20 Å². The van der Waals surface area contributed by atoms with Crippen LogP contribution in [0.4, 0.5) is 5.69 Å². The molecule has 2 aromatic rings. The second-order valence-electron chi connectivity index (χ2n) is 7.10. The Morgan fingerprint density at radius 3 is 2.77 bits per heavy atom. The molecule has 0 unspecified atom stereocenters. The summed E-state index contributed by atoms with van der Waals surface area (Å²) in [7, 11) is 1.99. The van der Waals surface area contributed by atoms with E-state index in [9.17, 15) is 0 Å². The van der Waals surface area contributed by atoms with E-state index in [1.165, 1.54) is 12.8 Å². The molecular formula is C23H33ClN6. The third-order valence-electron chi connectivity index (χ3n) is 4.64. The number of nitrogens with one attached hydrogen (secondary N) is 3. The largest absolute Gasteiger partial charge is 0.384 e. The van der Waals surface area contributed by atoms with Crippen LogP contribution in [0.25, 0.3) is 10.9 Å². The third kappa shape index (κ3) is 8.51. The molecule has 0 saturated carbocycles. The van der Waals surface area contributed by atoms with Crippen molar-refractivity contribution in [3.05, 3.63) is 47.3 Å². The van der Waals surface area contributed by atoms with Gasteiger partial charge in [0.05, 0.1) is 5.52 Å². The fourth-order valence-corrected chi connectivity index (χ4v) is 3.16. The SMILES string of the molecule is C=N/C(C)=C\C(=NCCCNc1ccnc2cc(Cl)ccc12)NCCCCCNC. The minimum atomic E-state index is 0.695. The van der Waals surface area contributed by atoms with Crippen LogP contribution in [0.1, 0.15) is 32.6 Å². The maximum absolute atomic E-state index is 6.06. The van der Waals surface area contributed by atoms with Crippen LogP contribution in [-0.2, 0) is 0 Å². The molecule has 0 aliphatic rings. The summed E-state index contributed by atoms with van der Waals surface area (Å²) in [4.78, 5) is 13.1. The molecule has 0 radical (unpaired) electrons. The Labute approximate surface area is 184 Å². The molecule has 0 fully saturated rings. The maximum atomic E-state index is 6.06. The summed E-state index contributed by atoms with van der Waals surface area (Å²) in [6.45, 7) is 9.04. The number of unbranched alkanes of at least 4 members (excludes halogenated alkanes) is 2. The van der Waals surface area contributed by atoms with E-state index >= 15 is 0 Å². The van der Waals surface area contributed by atoms with Gasteiger partial charge in [-0.05, 0) is 70.8 Å². The summed E-state index contributed by atoms with van der Waals surface area (Å²) in [5.74, 6) is 0.873. The number of benzene rings is 1. The molecule has 30 heavy (non-hydrogen) atoms. The molecule has 0 spiro atoms. The Balaban J connectivity index is 1.83. The predicted octanol–water partition coefficient (Wildman–Crippen LogP) is 4.67. The van der Waals surface area contributed by atoms with Gasteiger partial charge in [-0.25, -0.2) is 0 Å². The fourth-order valence-electron chi connectivity index (χ4n) is 2.99. The summed E-state index contributed by atoms with van der Waals surface area (Å²) in [5, 5.41) is 11.8. The molecule has 1 heterocycles. The molecule has 162 valence electrons. The van der Waals surface area contributed by atoms with Crippen LogP contribution < -0.4 is 16.0 Å². The van der Waals surface area contributed by atoms with Crippen molar-refractivity contribution < 1.29 is 0 Å². The van der Waals surface area contributed by atoms with Gasteiger partial charge < -0.3 is 16.0 Å². The van der Waals surface area contributed by atoms with E-state index in [2.05, 4.69) is 32.6 Å². The van der Waals surface area contributed by atoms with Gasteiger partial charge in [0, 0.05) is 53.7 Å². The number of rotatable bonds is 13. The smallest absolute Gasteiger partial charge is 0.122 e. The number of fused-ring (bicyclic) bond motifs is 1. The Hall–Kier alpha value is -2.44. The lowest BCUT2D eigenvalue weighted by atomic mass is 10.2. The van der Waals surface area contributed by atoms with Crippen LogP contribution in [0.3, 0.4) is 0 Å². The molecule has 1 aromatic heterocycles. The molecule has 3 N–H and O–H groups in total. The first-order valence-corrected chi connectivity index (χ1v) is 10.9. The number of anilines is 1. The van der Waals surface area contributed by atoms with Crippen LogP contribution in [0.2, 0.25) is 5.02 Å². The van der Waals surface area contributed by atoms with Crippen LogP contribution in [0, 0.1) is 0 Å². The minimum Gasteiger partial charge on any atom is -0.384 e. The summed E-state index contributed by atoms with van der Waals surface area (Å²) in [6.07, 6.45) is 8.17. The number of aliphatic imine (C=N–C) groups is 2. The van der Waals surface area contributed by atoms with Gasteiger partial charge in [0.15, 0.2) is 0 Å². The molecule has 7 heteroatoms. The lowest BCUT2D eigenvalue weighted by Crippen LogP contribution is -2.24. The molecule has 0 bridgehead atoms. The molecule has 0 aliphatic heterocycles. The first kappa shape index (κ1) is 23.8. The second-order valence-corrected chi connectivity index (χ2v) is 7.54. The summed E-state index contributed by atoms with van der Waals surface area (Å²) < 4.78 is 0. The number of allylic oxidation sites excluding steroid dienone is 1. The van der Waals surface area contributed by atoms with Gasteiger partial charge in [-0.2, -0.15) is 0 Å². The van der Waals surface area contributed by atoms with E-state index in [0.29, 0.717) is 5.02 Å². The Morgan fingerprint density at radius 1 is 1.13 bits per heavy atom. The van der Waals surface area contributed by atoms with E-state index in [0.717, 1.165) is 67.1 Å². The third-order valence-corrected chi connectivity index (χ3v) is 4.88. The van der Waals surface area contributed by atoms with Crippen LogP contribution >= 0.6 is 11.6 Å². The monoisotopic (exact) mass is 428 g/mol. The first-order chi connectivity index (χ1) is 14.6. The highest BCUT2D eigenvalue weighted by Gasteiger charge is 2.02. The van der Waals surface area contributed by atoms with Gasteiger partial charge in [0.2, 0.25) is 0 Å². The van der Waals surface area contributed by atoms with E-state index in [4.69, 9.17) is 16.6 Å². The standard InChI is InChI=1S/C23H33ClN6/c1-18(26-3)16-23(29-12-6-4-5-11-25-2)30-14-7-13-27-21-10-15-28-22-17-19(24)8-9-20(21)22/h8-10,15-17,25H,3-7,11-14H2,1-2H3,(H,27,28)(H,29,30)/b18-16-. The van der Waals surface area contributed by atoms with Crippen molar-refractivity contribution >= 4 is 40.7 Å². The molecule has 2 rings (SSSR count). The van der Waals surface area contributed by atoms with Crippen molar-refractivity contribution in [2.75, 3.05) is 38.5 Å². The lowest BCUT2D eigenvalue weighted by Gasteiger charge is -2.10. The summed E-state index contributed by atoms with van der Waals surface area (Å²) in [5.41, 5.74) is 2.81. The fraction of sp³-hybridized carbons (Fsp3) is 0.435. The molecule has 0 saturated heterocycles. The topological polar surface area (TPSA) is 73.7 Å². The number of hydrogen-bond acceptors (Lipinski definition) is 5. The first-order valence-electron chi connectivity index (χ1n) is 10.5. The zero-order valence-electron chi connectivity index (χ0n) is 18.0. The van der Waals surface area contributed by atoms with Crippen molar-refractivity contribution in [1.29, 1.82) is 0 Å². The van der Waals surface area contributed by atoms with Gasteiger partial charge in [0.25, 0.3) is 0 Å². The zero-order chi connectivity index (χ0) is 21.6. The molecular weight excluding hydrogens is 396 g/mol. The molecule has 0 aliphatic carbocycles. The molecule has 1 aromatic carbocycles. The highest BCUT2D eigenvalue weighted by Crippen LogP contribution is 2.24. The number of nitrogens with zero attached hydrogens (tertiary/aromatic N) is 3. The average molecular weight is 429 g/mol. The highest BCUT2D eigenvalue weighted by molar-refractivity contribution is 6.31. The van der Waals surface area contributed by atoms with Crippen molar-refractivity contribution in [3.8, 4) is 0 Å². The van der Waals surface area contributed by atoms with Gasteiger partial charge in [-0.15, -0.1) is 0 Å². The van der Waals surface area contributed by atoms with Crippen LogP contribution in [0.5, 0.6) is 0 Å². The Kier molecular flexibility index (Phi) is 10.9. The van der Waals surface area contributed by atoms with Gasteiger partial charge in [0.1, 0.15) is 5.84 Å². The molecule has 6 nitrogen and oxygen atoms in total. The summed E-state index contributed by atoms with van der Waals surface area (Å²) >= 11 is 6.06. The number of aromatic nitrogens is 1. The van der Waals surface area contributed by atoms with Crippen molar-refractivity contribution in [3.63, 3.8) is 0 Å². The normalized spacial score (nSPS) is 12.2. The number of halogens is 1. The average Bonchev–Trinajstić information content (AvgIpc) is 2.75. The van der Waals surface area contributed by atoms with Crippen molar-refractivity contribution in [1.82, 2.24) is 15.6 Å². The van der Waals surface area contributed by atoms with Crippen molar-refractivity contribution in [2.24, 2.45) is 9.98 Å². The van der Waals surface area contributed by atoms with E-state index in [-0.39, 0.29) is 0 Å². The minimum absolute atomic E-state index is 0.695. The number of amidine groups is 1. The van der Waals surface area contributed by atoms with Crippen molar-refractivity contribution in [2.45, 2.75) is 32.6 Å². The number of hydrogen-bond donors (Lipinski definition) is 3. The second kappa shape index (κ2) is 13.7. The van der Waals surface area contributed by atoms with E-state index in [1.807, 2.05) is 44.3 Å². The Morgan fingerprint density at radius 2 is 1.97 bits per heavy atom. The van der Waals surface area contributed by atoms with Gasteiger partial charge in [-0.3, -0.25) is 15.0 Å². The Bertz CT molecular complexity index is 862. The van der Waals surface area contributed by atoms with Gasteiger partial charge in [-0.1, -0.05) is 18.0 Å². The lowest BCUT2D eigenvalue weighted by molar-refractivity contribution is 0.633. The zero-order valence-corrected chi connectivity index (χ0v) is 18.8. The number of pyridine rings is 1. The molecule has 0 amide bonds. The highest BCUT2D eigenvalue weighted by atomic mass is 35.5. The maximum Gasteiger partial charge on any atom is 0.122 e. The quantitative estimate of drug-likeness (QED) is 0.246. The summed E-state index contributed by atoms with van der Waals surface area (Å²) in [6, 6.07) is 7.76.